The Bertz CT molecular complexity index is 651. The number of aromatic amines is 1. The molecule has 1 aromatic heterocycles. The van der Waals surface area contributed by atoms with E-state index in [1.807, 2.05) is 0 Å². The van der Waals surface area contributed by atoms with Crippen LogP contribution in [0.2, 0.25) is 0 Å². The second-order valence-corrected chi connectivity index (χ2v) is 4.83. The molecule has 2 rings (SSSR count). The molecule has 0 saturated heterocycles. The van der Waals surface area contributed by atoms with Gasteiger partial charge in [0.1, 0.15) is 0 Å². The summed E-state index contributed by atoms with van der Waals surface area (Å²) in [6, 6.07) is 5.61. The third-order valence-electron chi connectivity index (χ3n) is 1.96. The van der Waals surface area contributed by atoms with Crippen LogP contribution in [0.1, 0.15) is 0 Å². The van der Waals surface area contributed by atoms with Crippen LogP contribution in [0, 0.1) is 4.84 Å². The van der Waals surface area contributed by atoms with E-state index in [-0.39, 0.29) is 9.73 Å². The molecule has 0 unspecified atom stereocenters. The molecule has 7 heteroatoms. The van der Waals surface area contributed by atoms with Crippen molar-refractivity contribution in [3.63, 3.8) is 0 Å². The molecule has 1 aromatic carbocycles. The largest absolute Gasteiger partial charge is 0.429 e. The lowest BCUT2D eigenvalue weighted by atomic mass is 10.2. The Hall–Kier alpha value is -1.44. The zero-order valence-corrected chi connectivity index (χ0v) is 9.51. The summed E-state index contributed by atoms with van der Waals surface area (Å²) in [4.78, 5) is 2.78. The predicted octanol–water partition coefficient (Wildman–Crippen LogP) is 2.25. The van der Waals surface area contributed by atoms with Crippen molar-refractivity contribution in [1.82, 2.24) is 4.98 Å². The Morgan fingerprint density at radius 3 is 2.31 bits per heavy atom. The van der Waals surface area contributed by atoms with Crippen LogP contribution in [0.5, 0.6) is 0 Å². The average Bonchev–Trinajstić information content (AvgIpc) is 2.64. The highest BCUT2D eigenvalue weighted by Crippen LogP contribution is 2.20. The molecule has 0 radical (unpaired) electrons. The molecular formula is C9H7NO4S2. The number of aromatic nitrogens is 1. The molecule has 0 fully saturated rings. The van der Waals surface area contributed by atoms with Gasteiger partial charge in [0.2, 0.25) is 0 Å². The molecule has 0 aliphatic carbocycles. The number of benzene rings is 1. The summed E-state index contributed by atoms with van der Waals surface area (Å²) in [6.45, 7) is 0. The van der Waals surface area contributed by atoms with Crippen LogP contribution in [0.4, 0.5) is 0 Å². The zero-order valence-electron chi connectivity index (χ0n) is 7.88. The molecule has 0 bridgehead atoms. The Kier molecular flexibility index (Phi) is 2.66. The Balaban J connectivity index is 2.44. The van der Waals surface area contributed by atoms with E-state index < -0.39 is 10.1 Å². The SMILES string of the molecule is O=S(=O)(O)c1ccc(-c2c[nH]c(=S)o2)cc1. The fourth-order valence-corrected chi connectivity index (χ4v) is 1.85. The minimum Gasteiger partial charge on any atom is -0.429 e. The van der Waals surface area contributed by atoms with Gasteiger partial charge in [0.15, 0.2) is 5.76 Å². The highest BCUT2D eigenvalue weighted by atomic mass is 32.2. The van der Waals surface area contributed by atoms with Crippen LogP contribution in [-0.4, -0.2) is 18.0 Å². The number of hydrogen-bond acceptors (Lipinski definition) is 4. The van der Waals surface area contributed by atoms with Crippen molar-refractivity contribution in [2.45, 2.75) is 4.90 Å². The molecule has 2 aromatic rings. The van der Waals surface area contributed by atoms with Crippen LogP contribution >= 0.6 is 12.2 Å². The van der Waals surface area contributed by atoms with Crippen molar-refractivity contribution in [2.24, 2.45) is 0 Å². The van der Waals surface area contributed by atoms with Crippen molar-refractivity contribution in [3.8, 4) is 11.3 Å². The fraction of sp³-hybridized carbons (Fsp3) is 0. The first-order valence-corrected chi connectivity index (χ1v) is 6.08. The van der Waals surface area contributed by atoms with Crippen LogP contribution in [0.3, 0.4) is 0 Å². The predicted molar refractivity (Wildman–Crippen MR) is 59.1 cm³/mol. The molecule has 0 spiro atoms. The van der Waals surface area contributed by atoms with Gasteiger partial charge < -0.3 is 9.40 Å². The maximum Gasteiger partial charge on any atom is 0.294 e. The standard InChI is InChI=1S/C9H7NO4S2/c11-16(12,13)7-3-1-6(2-4-7)8-5-10-9(15)14-8/h1-5H,(H,10,15)(H,11,12,13). The van der Waals surface area contributed by atoms with Gasteiger partial charge in [-0.2, -0.15) is 8.42 Å². The third-order valence-corrected chi connectivity index (χ3v) is 3.03. The highest BCUT2D eigenvalue weighted by molar-refractivity contribution is 7.85. The van der Waals surface area contributed by atoms with Gasteiger partial charge in [0.05, 0.1) is 4.90 Å². The summed E-state index contributed by atoms with van der Waals surface area (Å²) in [5.74, 6) is 0.506. The van der Waals surface area contributed by atoms with E-state index in [4.69, 9.17) is 21.2 Å². The van der Waals surface area contributed by atoms with Gasteiger partial charge in [0, 0.05) is 11.8 Å². The highest BCUT2D eigenvalue weighted by Gasteiger charge is 2.09. The fourth-order valence-electron chi connectivity index (χ4n) is 1.22. The van der Waals surface area contributed by atoms with Crippen LogP contribution < -0.4 is 0 Å². The number of oxazole rings is 1. The van der Waals surface area contributed by atoms with Gasteiger partial charge >= 0.3 is 0 Å². The van der Waals surface area contributed by atoms with Gasteiger partial charge in [-0.1, -0.05) is 0 Å². The maximum absolute atomic E-state index is 10.8. The molecule has 0 aliphatic rings. The zero-order chi connectivity index (χ0) is 11.8. The van der Waals surface area contributed by atoms with Gasteiger partial charge in [-0.3, -0.25) is 4.55 Å². The number of H-pyrrole nitrogens is 1. The van der Waals surface area contributed by atoms with Crippen LogP contribution in [-0.2, 0) is 10.1 Å². The first kappa shape index (κ1) is 11.1. The second kappa shape index (κ2) is 3.85. The molecule has 1 heterocycles. The van der Waals surface area contributed by atoms with Crippen molar-refractivity contribution in [2.75, 3.05) is 0 Å². The summed E-state index contributed by atoms with van der Waals surface area (Å²) in [5.41, 5.74) is 0.666. The van der Waals surface area contributed by atoms with E-state index in [1.54, 1.807) is 6.20 Å². The Morgan fingerprint density at radius 2 is 1.88 bits per heavy atom. The topological polar surface area (TPSA) is 83.3 Å². The van der Waals surface area contributed by atoms with Gasteiger partial charge in [-0.25, -0.2) is 0 Å². The quantitative estimate of drug-likeness (QED) is 0.636. The minimum atomic E-state index is -4.16. The number of hydrogen-bond donors (Lipinski definition) is 2. The molecular weight excluding hydrogens is 250 g/mol. The van der Waals surface area contributed by atoms with E-state index in [1.165, 1.54) is 24.3 Å². The summed E-state index contributed by atoms with van der Waals surface area (Å²) in [5, 5.41) is 0. The first-order valence-electron chi connectivity index (χ1n) is 4.23. The van der Waals surface area contributed by atoms with E-state index in [9.17, 15) is 8.42 Å². The van der Waals surface area contributed by atoms with Gasteiger partial charge in [0.25, 0.3) is 15.0 Å². The maximum atomic E-state index is 10.8. The summed E-state index contributed by atoms with van der Waals surface area (Å²) in [6.07, 6.45) is 1.57. The normalized spacial score (nSPS) is 11.6. The molecule has 2 N–H and O–H groups in total. The van der Waals surface area contributed by atoms with Gasteiger partial charge in [-0.15, -0.1) is 0 Å². The molecule has 84 valence electrons. The minimum absolute atomic E-state index is 0.162. The molecule has 16 heavy (non-hydrogen) atoms. The van der Waals surface area contributed by atoms with E-state index in [0.29, 0.717) is 11.3 Å². The lowest BCUT2D eigenvalue weighted by Crippen LogP contribution is -1.96. The lowest BCUT2D eigenvalue weighted by molar-refractivity contribution is 0.483. The third kappa shape index (κ3) is 2.21. The Morgan fingerprint density at radius 1 is 1.25 bits per heavy atom. The summed E-state index contributed by atoms with van der Waals surface area (Å²) >= 11 is 4.76. The molecule has 0 atom stereocenters. The average molecular weight is 257 g/mol. The van der Waals surface area contributed by atoms with E-state index in [2.05, 4.69) is 4.98 Å². The second-order valence-electron chi connectivity index (χ2n) is 3.04. The number of rotatable bonds is 2. The summed E-state index contributed by atoms with van der Waals surface area (Å²) in [7, 11) is -4.16. The Labute approximate surface area is 96.5 Å². The van der Waals surface area contributed by atoms with Crippen LogP contribution in [0.25, 0.3) is 11.3 Å². The lowest BCUT2D eigenvalue weighted by Gasteiger charge is -1.98. The molecule has 0 aliphatic heterocycles. The number of nitrogens with one attached hydrogen (secondary N) is 1. The monoisotopic (exact) mass is 257 g/mol. The van der Waals surface area contributed by atoms with Crippen molar-refractivity contribution < 1.29 is 17.4 Å². The van der Waals surface area contributed by atoms with E-state index >= 15 is 0 Å². The molecule has 0 amide bonds. The van der Waals surface area contributed by atoms with Crippen molar-refractivity contribution in [3.05, 3.63) is 35.3 Å². The van der Waals surface area contributed by atoms with E-state index in [0.717, 1.165) is 0 Å². The molecule has 5 nitrogen and oxygen atoms in total. The van der Waals surface area contributed by atoms with Crippen molar-refractivity contribution in [1.29, 1.82) is 0 Å². The van der Waals surface area contributed by atoms with Gasteiger partial charge in [-0.05, 0) is 36.5 Å². The molecule has 0 saturated carbocycles. The summed E-state index contributed by atoms with van der Waals surface area (Å²) < 4.78 is 35.5. The smallest absolute Gasteiger partial charge is 0.294 e. The van der Waals surface area contributed by atoms with Crippen molar-refractivity contribution >= 4 is 22.3 Å². The first-order chi connectivity index (χ1) is 7.47. The van der Waals surface area contributed by atoms with Crippen LogP contribution in [0.15, 0.2) is 39.8 Å².